The van der Waals surface area contributed by atoms with E-state index in [9.17, 15) is 14.0 Å². The second kappa shape index (κ2) is 11.7. The van der Waals surface area contributed by atoms with E-state index < -0.39 is 5.54 Å². The van der Waals surface area contributed by atoms with Gasteiger partial charge in [0.15, 0.2) is 0 Å². The standard InChI is InChI=1S/C26H38FN3O2.ClH/c1-2-3-15-30-24(31)23(18-20-9-5-4-6-10-20)28-25(32)26(30)13-16-29(17-14-26)19-21-11-7-8-12-22(21)27;/h7-8,11-12,20,23H,2-6,9-10,13-19H2,1H3,(H,28,32);1H/t23-;/m0./s1. The number of nitrogens with zero attached hydrogens (tertiary/aromatic N) is 2. The van der Waals surface area contributed by atoms with Crippen molar-refractivity contribution in [3.8, 4) is 0 Å². The summed E-state index contributed by atoms with van der Waals surface area (Å²) in [4.78, 5) is 31.2. The lowest BCUT2D eigenvalue weighted by Gasteiger charge is -2.52. The van der Waals surface area contributed by atoms with Crippen LogP contribution in [0.2, 0.25) is 0 Å². The summed E-state index contributed by atoms with van der Waals surface area (Å²) in [7, 11) is 0. The van der Waals surface area contributed by atoms with Crippen molar-refractivity contribution < 1.29 is 14.0 Å². The van der Waals surface area contributed by atoms with E-state index in [4.69, 9.17) is 0 Å². The van der Waals surface area contributed by atoms with Crippen molar-refractivity contribution >= 4 is 24.2 Å². The number of nitrogens with one attached hydrogen (secondary N) is 1. The number of carbonyl (C=O) groups excluding carboxylic acids is 2. The molecule has 1 aliphatic carbocycles. The molecule has 0 radical (unpaired) electrons. The van der Waals surface area contributed by atoms with E-state index in [1.165, 1.54) is 38.2 Å². The van der Waals surface area contributed by atoms with Gasteiger partial charge in [-0.05, 0) is 37.7 Å². The van der Waals surface area contributed by atoms with Gasteiger partial charge >= 0.3 is 0 Å². The zero-order chi connectivity index (χ0) is 22.6. The van der Waals surface area contributed by atoms with E-state index in [-0.39, 0.29) is 36.1 Å². The average molecular weight is 480 g/mol. The Morgan fingerprint density at radius 1 is 1.09 bits per heavy atom. The lowest BCUT2D eigenvalue weighted by Crippen LogP contribution is -2.73. The van der Waals surface area contributed by atoms with Crippen LogP contribution < -0.4 is 5.32 Å². The molecule has 184 valence electrons. The van der Waals surface area contributed by atoms with E-state index in [0.717, 1.165) is 19.3 Å². The zero-order valence-electron chi connectivity index (χ0n) is 19.9. The van der Waals surface area contributed by atoms with Crippen LogP contribution in [-0.4, -0.2) is 52.8 Å². The topological polar surface area (TPSA) is 52.7 Å². The normalized spacial score (nSPS) is 23.9. The minimum atomic E-state index is -0.749. The van der Waals surface area contributed by atoms with E-state index in [0.29, 0.717) is 50.5 Å². The van der Waals surface area contributed by atoms with Crippen molar-refractivity contribution in [1.82, 2.24) is 15.1 Å². The van der Waals surface area contributed by atoms with Crippen molar-refractivity contribution in [2.75, 3.05) is 19.6 Å². The van der Waals surface area contributed by atoms with Crippen LogP contribution in [0.4, 0.5) is 4.39 Å². The van der Waals surface area contributed by atoms with Gasteiger partial charge in [-0.2, -0.15) is 0 Å². The molecule has 0 bridgehead atoms. The molecule has 0 aromatic heterocycles. The molecule has 5 nitrogen and oxygen atoms in total. The van der Waals surface area contributed by atoms with Gasteiger partial charge in [0.25, 0.3) is 0 Å². The smallest absolute Gasteiger partial charge is 0.246 e. The highest BCUT2D eigenvalue weighted by atomic mass is 35.5. The van der Waals surface area contributed by atoms with Crippen LogP contribution in [0.15, 0.2) is 24.3 Å². The zero-order valence-corrected chi connectivity index (χ0v) is 20.7. The summed E-state index contributed by atoms with van der Waals surface area (Å²) < 4.78 is 14.1. The molecule has 1 saturated carbocycles. The highest BCUT2D eigenvalue weighted by Crippen LogP contribution is 2.36. The van der Waals surface area contributed by atoms with Gasteiger partial charge in [-0.15, -0.1) is 12.4 Å². The largest absolute Gasteiger partial charge is 0.342 e. The number of benzene rings is 1. The Morgan fingerprint density at radius 3 is 2.45 bits per heavy atom. The van der Waals surface area contributed by atoms with Crippen LogP contribution in [0, 0.1) is 11.7 Å². The molecular formula is C26H39ClFN3O2. The highest BCUT2D eigenvalue weighted by molar-refractivity contribution is 6.00. The molecule has 1 atom stereocenters. The van der Waals surface area contributed by atoms with Gasteiger partial charge in [-0.1, -0.05) is 63.6 Å². The number of amides is 2. The van der Waals surface area contributed by atoms with Crippen molar-refractivity contribution in [2.24, 2.45) is 5.92 Å². The van der Waals surface area contributed by atoms with Crippen LogP contribution in [0.3, 0.4) is 0 Å². The second-order valence-electron chi connectivity index (χ2n) is 10.0. The predicted molar refractivity (Wildman–Crippen MR) is 131 cm³/mol. The SMILES string of the molecule is CCCCN1C(=O)[C@H](CC2CCCCC2)NC(=O)C12CCN(Cc1ccccc1F)CC2.Cl. The summed E-state index contributed by atoms with van der Waals surface area (Å²) in [5, 5.41) is 3.15. The Bertz CT molecular complexity index is 806. The molecular weight excluding hydrogens is 441 g/mol. The van der Waals surface area contributed by atoms with Gasteiger partial charge in [0, 0.05) is 31.7 Å². The molecule has 2 heterocycles. The maximum absolute atomic E-state index is 14.1. The summed E-state index contributed by atoms with van der Waals surface area (Å²) in [6.07, 6.45) is 10.0. The molecule has 2 amide bonds. The van der Waals surface area contributed by atoms with Gasteiger partial charge in [0.05, 0.1) is 0 Å². The lowest BCUT2D eigenvalue weighted by atomic mass is 9.79. The van der Waals surface area contributed by atoms with Crippen LogP contribution >= 0.6 is 12.4 Å². The van der Waals surface area contributed by atoms with Gasteiger partial charge in [-0.25, -0.2) is 4.39 Å². The van der Waals surface area contributed by atoms with Crippen molar-refractivity contribution in [3.05, 3.63) is 35.6 Å². The Morgan fingerprint density at radius 2 is 1.79 bits per heavy atom. The third-order valence-electron chi connectivity index (χ3n) is 7.87. The summed E-state index contributed by atoms with van der Waals surface area (Å²) in [5.41, 5.74) is -0.0656. The summed E-state index contributed by atoms with van der Waals surface area (Å²) in [5.74, 6) is 0.502. The molecule has 1 N–H and O–H groups in total. The molecule has 2 saturated heterocycles. The van der Waals surface area contributed by atoms with Crippen molar-refractivity contribution in [1.29, 1.82) is 0 Å². The van der Waals surface area contributed by atoms with Gasteiger partial charge in [0.1, 0.15) is 17.4 Å². The monoisotopic (exact) mass is 479 g/mol. The average Bonchev–Trinajstić information content (AvgIpc) is 2.81. The minimum absolute atomic E-state index is 0. The molecule has 4 rings (SSSR count). The molecule has 3 fully saturated rings. The first-order valence-corrected chi connectivity index (χ1v) is 12.6. The number of halogens is 2. The summed E-state index contributed by atoms with van der Waals surface area (Å²) in [6, 6.07) is 6.50. The minimum Gasteiger partial charge on any atom is -0.342 e. The van der Waals surface area contributed by atoms with E-state index in [1.807, 2.05) is 17.0 Å². The van der Waals surface area contributed by atoms with Crippen LogP contribution in [0.5, 0.6) is 0 Å². The van der Waals surface area contributed by atoms with Crippen LogP contribution in [-0.2, 0) is 16.1 Å². The number of hydrogen-bond donors (Lipinski definition) is 1. The van der Waals surface area contributed by atoms with E-state index in [2.05, 4.69) is 17.1 Å². The fourth-order valence-corrected chi connectivity index (χ4v) is 5.88. The second-order valence-corrected chi connectivity index (χ2v) is 10.0. The van der Waals surface area contributed by atoms with Gasteiger partial charge < -0.3 is 10.2 Å². The highest BCUT2D eigenvalue weighted by Gasteiger charge is 2.53. The summed E-state index contributed by atoms with van der Waals surface area (Å²) >= 11 is 0. The number of piperazine rings is 1. The molecule has 3 aliphatic rings. The lowest BCUT2D eigenvalue weighted by molar-refractivity contribution is -0.162. The molecule has 2 aliphatic heterocycles. The first-order chi connectivity index (χ1) is 15.5. The van der Waals surface area contributed by atoms with Gasteiger partial charge in [0.2, 0.25) is 11.8 Å². The van der Waals surface area contributed by atoms with Crippen LogP contribution in [0.1, 0.15) is 76.7 Å². The first-order valence-electron chi connectivity index (χ1n) is 12.6. The van der Waals surface area contributed by atoms with E-state index >= 15 is 0 Å². The number of carbonyl (C=O) groups is 2. The molecule has 1 spiro atoms. The molecule has 1 aromatic rings. The number of hydrogen-bond acceptors (Lipinski definition) is 3. The molecule has 7 heteroatoms. The van der Waals surface area contributed by atoms with Crippen LogP contribution in [0.25, 0.3) is 0 Å². The van der Waals surface area contributed by atoms with Crippen molar-refractivity contribution in [3.63, 3.8) is 0 Å². The van der Waals surface area contributed by atoms with Gasteiger partial charge in [-0.3, -0.25) is 14.5 Å². The molecule has 0 unspecified atom stereocenters. The maximum atomic E-state index is 14.1. The quantitative estimate of drug-likeness (QED) is 0.617. The maximum Gasteiger partial charge on any atom is 0.246 e. The number of piperidine rings is 1. The first kappa shape index (κ1) is 26.0. The fraction of sp³-hybridized carbons (Fsp3) is 0.692. The number of likely N-dealkylation sites (tertiary alicyclic amines) is 1. The Kier molecular flexibility index (Phi) is 9.17. The Labute approximate surface area is 203 Å². The van der Waals surface area contributed by atoms with Crippen molar-refractivity contribution in [2.45, 2.75) is 89.3 Å². The third kappa shape index (κ3) is 5.71. The third-order valence-corrected chi connectivity index (χ3v) is 7.87. The molecule has 1 aromatic carbocycles. The Balaban J connectivity index is 0.00000306. The fourth-order valence-electron chi connectivity index (χ4n) is 5.88. The Hall–Kier alpha value is -1.66. The van der Waals surface area contributed by atoms with E-state index in [1.54, 1.807) is 6.07 Å². The molecule has 33 heavy (non-hydrogen) atoms. The predicted octanol–water partition coefficient (Wildman–Crippen LogP) is 4.68. The number of unbranched alkanes of at least 4 members (excludes halogenated alkanes) is 1. The number of rotatable bonds is 7. The summed E-state index contributed by atoms with van der Waals surface area (Å²) in [6.45, 7) is 4.68.